The number of aliphatic hydroxyl groups is 7. The molecule has 0 heterocycles. The summed E-state index contributed by atoms with van der Waals surface area (Å²) < 4.78 is 22.9. The molecule has 14 heteroatoms. The van der Waals surface area contributed by atoms with Crippen LogP contribution in [0.1, 0.15) is 232 Å². The average molecular weight is 974 g/mol. The van der Waals surface area contributed by atoms with Crippen molar-refractivity contribution in [1.82, 2.24) is 5.32 Å². The number of hydrogen-bond acceptors (Lipinski definition) is 11. The minimum Gasteiger partial charge on any atom is -0.393 e. The molecule has 0 bridgehead atoms. The van der Waals surface area contributed by atoms with Crippen LogP contribution < -0.4 is 5.32 Å². The molecule has 13 nitrogen and oxygen atoms in total. The van der Waals surface area contributed by atoms with Gasteiger partial charge in [0.15, 0.2) is 0 Å². The number of rotatable bonds is 45. The number of phosphoric ester groups is 1. The third-order valence-corrected chi connectivity index (χ3v) is 13.9. The third-order valence-electron chi connectivity index (χ3n) is 12.9. The molecule has 9 N–H and O–H groups in total. The molecule has 0 aromatic carbocycles. The molecular weight excluding hydrogens is 874 g/mol. The molecule has 0 aromatic rings. The number of hydrogen-bond donors (Lipinski definition) is 9. The molecule has 1 rings (SSSR count). The van der Waals surface area contributed by atoms with E-state index in [4.69, 9.17) is 9.05 Å². The maximum atomic E-state index is 13.1. The zero-order valence-corrected chi connectivity index (χ0v) is 43.0. The summed E-state index contributed by atoms with van der Waals surface area (Å²) in [6.45, 7) is 3.75. The Kier molecular flexibility index (Phi) is 40.0. The van der Waals surface area contributed by atoms with Gasteiger partial charge in [0, 0.05) is 0 Å². The average Bonchev–Trinajstić information content (AvgIpc) is 3.30. The number of allylic oxidation sites excluding steroid dienone is 5. The summed E-state index contributed by atoms with van der Waals surface area (Å²) in [5.41, 5.74) is 0. The molecule has 67 heavy (non-hydrogen) atoms. The summed E-state index contributed by atoms with van der Waals surface area (Å²) >= 11 is 0. The van der Waals surface area contributed by atoms with Crippen LogP contribution in [0.3, 0.4) is 0 Å². The quantitative estimate of drug-likeness (QED) is 0.0158. The van der Waals surface area contributed by atoms with Crippen molar-refractivity contribution in [3.8, 4) is 0 Å². The van der Waals surface area contributed by atoms with Crippen molar-refractivity contribution in [1.29, 1.82) is 0 Å². The summed E-state index contributed by atoms with van der Waals surface area (Å²) in [4.78, 5) is 23.5. The van der Waals surface area contributed by atoms with Gasteiger partial charge in [-0.05, 0) is 57.8 Å². The number of amides is 1. The number of phosphoric acid groups is 1. The lowest BCUT2D eigenvalue weighted by molar-refractivity contribution is -0.220. The number of aliphatic hydroxyl groups excluding tert-OH is 7. The molecule has 1 amide bonds. The van der Waals surface area contributed by atoms with Gasteiger partial charge in [-0.3, -0.25) is 13.8 Å². The van der Waals surface area contributed by atoms with Crippen molar-refractivity contribution in [2.75, 3.05) is 6.61 Å². The van der Waals surface area contributed by atoms with E-state index in [0.717, 1.165) is 64.2 Å². The van der Waals surface area contributed by atoms with E-state index in [9.17, 15) is 50.0 Å². The lowest BCUT2D eigenvalue weighted by Gasteiger charge is -2.41. The highest BCUT2D eigenvalue weighted by Crippen LogP contribution is 2.47. The van der Waals surface area contributed by atoms with Crippen molar-refractivity contribution in [3.05, 3.63) is 36.5 Å². The van der Waals surface area contributed by atoms with Gasteiger partial charge in [-0.15, -0.1) is 0 Å². The van der Waals surface area contributed by atoms with Crippen molar-refractivity contribution in [3.63, 3.8) is 0 Å². The second-order valence-electron chi connectivity index (χ2n) is 19.3. The Hall–Kier alpha value is -1.48. The first-order valence-corrected chi connectivity index (χ1v) is 28.5. The molecule has 0 spiro atoms. The van der Waals surface area contributed by atoms with Gasteiger partial charge < -0.3 is 46.0 Å². The van der Waals surface area contributed by atoms with E-state index in [0.29, 0.717) is 12.8 Å². The third kappa shape index (κ3) is 33.7. The number of unbranched alkanes of at least 4 members (excludes halogenated alkanes) is 28. The van der Waals surface area contributed by atoms with Crippen LogP contribution in [0.25, 0.3) is 0 Å². The van der Waals surface area contributed by atoms with Gasteiger partial charge in [-0.2, -0.15) is 0 Å². The SMILES string of the molecule is CCCCCCCCCCCC/C=C/CC/C=C/C(O)C(COP(=O)(O)OC1C(O)C(O)C(O)C(O)C1O)NC(=O)CC(O)CCCCCCC/C=C\CCCCCCCCCCCCCC. The molecule has 8 atom stereocenters. The second kappa shape index (κ2) is 42.2. The van der Waals surface area contributed by atoms with E-state index in [1.54, 1.807) is 6.08 Å². The van der Waals surface area contributed by atoms with Crippen LogP contribution in [0.15, 0.2) is 36.5 Å². The first-order chi connectivity index (χ1) is 32.3. The Morgan fingerprint density at radius 3 is 1.31 bits per heavy atom. The van der Waals surface area contributed by atoms with Crippen LogP contribution in [-0.4, -0.2) is 108 Å². The highest BCUT2D eigenvalue weighted by molar-refractivity contribution is 7.47. The summed E-state index contributed by atoms with van der Waals surface area (Å²) in [6.07, 6.45) is 36.6. The predicted octanol–water partition coefficient (Wildman–Crippen LogP) is 10.5. The van der Waals surface area contributed by atoms with Crippen LogP contribution in [0.2, 0.25) is 0 Å². The monoisotopic (exact) mass is 974 g/mol. The molecular formula is C53H100NO12P. The largest absolute Gasteiger partial charge is 0.472 e. The first kappa shape index (κ1) is 63.5. The lowest BCUT2D eigenvalue weighted by atomic mass is 9.85. The van der Waals surface area contributed by atoms with Crippen LogP contribution in [0.4, 0.5) is 0 Å². The highest BCUT2D eigenvalue weighted by Gasteiger charge is 2.51. The molecule has 0 aromatic heterocycles. The Morgan fingerprint density at radius 1 is 0.522 bits per heavy atom. The van der Waals surface area contributed by atoms with E-state index >= 15 is 0 Å². The first-order valence-electron chi connectivity index (χ1n) is 27.0. The zero-order chi connectivity index (χ0) is 49.4. The Bertz CT molecular complexity index is 1290. The normalized spacial score (nSPS) is 22.5. The van der Waals surface area contributed by atoms with E-state index in [2.05, 4.69) is 43.5 Å². The van der Waals surface area contributed by atoms with Crippen molar-refractivity contribution < 1.29 is 59.0 Å². The molecule has 1 aliphatic carbocycles. The molecule has 1 saturated carbocycles. The standard InChI is InChI=1S/C53H100NO12P/c1-3-5-7-9-11-13-15-17-19-21-22-23-24-25-26-28-30-32-34-36-38-40-44(55)42-47(57)54-45(43-65-67(63,64)66-53-51(61)49(59)48(58)50(60)52(53)62)46(56)41-39-37-35-33-31-29-27-20-18-16-14-12-10-8-6-4-2/h25-26,31,33,39,41,44-46,48-53,55-56,58-62H,3-24,27-30,32,34-38,40,42-43H2,1-2H3,(H,54,57)(H,63,64)/b26-25-,33-31+,41-39+. The van der Waals surface area contributed by atoms with Gasteiger partial charge >= 0.3 is 7.82 Å². The van der Waals surface area contributed by atoms with Crippen molar-refractivity contribution in [2.24, 2.45) is 0 Å². The molecule has 0 aliphatic heterocycles. The van der Waals surface area contributed by atoms with Gasteiger partial charge in [-0.25, -0.2) is 4.57 Å². The van der Waals surface area contributed by atoms with Crippen LogP contribution in [0.5, 0.6) is 0 Å². The van der Waals surface area contributed by atoms with E-state index in [-0.39, 0.29) is 6.42 Å². The maximum Gasteiger partial charge on any atom is 0.472 e. The molecule has 1 fully saturated rings. The fourth-order valence-corrected chi connectivity index (χ4v) is 9.51. The van der Waals surface area contributed by atoms with E-state index < -0.39 is 75.2 Å². The van der Waals surface area contributed by atoms with Gasteiger partial charge in [-0.1, -0.05) is 204 Å². The van der Waals surface area contributed by atoms with E-state index in [1.807, 2.05) is 0 Å². The van der Waals surface area contributed by atoms with Gasteiger partial charge in [0.2, 0.25) is 5.91 Å². The van der Waals surface area contributed by atoms with Crippen LogP contribution >= 0.6 is 7.82 Å². The van der Waals surface area contributed by atoms with Gasteiger partial charge in [0.05, 0.1) is 31.3 Å². The predicted molar refractivity (Wildman–Crippen MR) is 270 cm³/mol. The lowest BCUT2D eigenvalue weighted by Crippen LogP contribution is -2.64. The number of carbonyl (C=O) groups is 1. The molecule has 8 unspecified atom stereocenters. The fourth-order valence-electron chi connectivity index (χ4n) is 8.55. The maximum absolute atomic E-state index is 13.1. The van der Waals surface area contributed by atoms with Gasteiger partial charge in [0.25, 0.3) is 0 Å². The molecule has 1 aliphatic rings. The van der Waals surface area contributed by atoms with Gasteiger partial charge in [0.1, 0.15) is 36.6 Å². The topological polar surface area (TPSA) is 226 Å². The molecule has 0 saturated heterocycles. The molecule has 394 valence electrons. The number of nitrogens with one attached hydrogen (secondary N) is 1. The Morgan fingerprint density at radius 2 is 0.881 bits per heavy atom. The number of carbonyl (C=O) groups excluding carboxylic acids is 1. The van der Waals surface area contributed by atoms with Crippen LogP contribution in [-0.2, 0) is 18.4 Å². The minimum absolute atomic E-state index is 0.257. The van der Waals surface area contributed by atoms with Crippen LogP contribution in [0, 0.1) is 0 Å². The smallest absolute Gasteiger partial charge is 0.393 e. The summed E-state index contributed by atoms with van der Waals surface area (Å²) in [6, 6.07) is -1.26. The zero-order valence-electron chi connectivity index (χ0n) is 42.1. The molecule has 0 radical (unpaired) electrons. The van der Waals surface area contributed by atoms with Crippen molar-refractivity contribution >= 4 is 13.7 Å². The van der Waals surface area contributed by atoms with Crippen molar-refractivity contribution in [2.45, 2.75) is 287 Å². The highest BCUT2D eigenvalue weighted by atomic mass is 31.2. The summed E-state index contributed by atoms with van der Waals surface area (Å²) in [7, 11) is -5.16. The second-order valence-corrected chi connectivity index (χ2v) is 20.7. The Labute approximate surface area is 406 Å². The summed E-state index contributed by atoms with van der Waals surface area (Å²) in [5, 5.41) is 74.7. The van der Waals surface area contributed by atoms with E-state index in [1.165, 1.54) is 141 Å². The fraction of sp³-hybridized carbons (Fsp3) is 0.868. The summed E-state index contributed by atoms with van der Waals surface area (Å²) in [5.74, 6) is -0.606. The Balaban J connectivity index is 2.46. The minimum atomic E-state index is -5.16.